The molecule has 0 bridgehead atoms. The topological polar surface area (TPSA) is 20.3 Å². The van der Waals surface area contributed by atoms with Gasteiger partial charge in [0.2, 0.25) is 5.91 Å². The van der Waals surface area contributed by atoms with Crippen LogP contribution in [0.25, 0.3) is 0 Å². The van der Waals surface area contributed by atoms with Gasteiger partial charge < -0.3 is 4.90 Å². The van der Waals surface area contributed by atoms with Gasteiger partial charge in [-0.25, -0.2) is 0 Å². The third-order valence-corrected chi connectivity index (χ3v) is 3.99. The molecular weight excluding hydrogens is 230 g/mol. The summed E-state index contributed by atoms with van der Waals surface area (Å²) in [5, 5.41) is 0. The molecule has 1 aromatic carbocycles. The van der Waals surface area contributed by atoms with Crippen molar-refractivity contribution in [2.24, 2.45) is 0 Å². The number of carbonyl (C=O) groups excluding carboxylic acids is 1. The first-order valence-corrected chi connectivity index (χ1v) is 7.07. The molecule has 1 aromatic rings. The number of carbonyl (C=O) groups is 1. The van der Waals surface area contributed by atoms with Crippen LogP contribution in [-0.4, -0.2) is 29.6 Å². The van der Waals surface area contributed by atoms with E-state index in [0.29, 0.717) is 12.5 Å². The van der Waals surface area contributed by atoms with E-state index in [0.717, 1.165) is 12.2 Å². The van der Waals surface area contributed by atoms with Crippen molar-refractivity contribution in [1.82, 2.24) is 4.90 Å². The van der Waals surface area contributed by atoms with Crippen LogP contribution < -0.4 is 0 Å². The van der Waals surface area contributed by atoms with E-state index in [1.54, 1.807) is 11.8 Å². The zero-order valence-electron chi connectivity index (χ0n) is 10.8. The summed E-state index contributed by atoms with van der Waals surface area (Å²) in [6.45, 7) is 4.19. The summed E-state index contributed by atoms with van der Waals surface area (Å²) in [5.41, 5.74) is 0. The van der Waals surface area contributed by atoms with Crippen LogP contribution in [0, 0.1) is 0 Å². The Morgan fingerprint density at radius 2 is 2.00 bits per heavy atom. The molecule has 1 unspecified atom stereocenters. The van der Waals surface area contributed by atoms with Gasteiger partial charge in [-0.2, -0.15) is 0 Å². The standard InChI is InChI=1S/C14H21NOS/c1-4-12(2)15(3)14(16)10-11-17-13-8-6-5-7-9-13/h5-9,12H,4,10-11H2,1-3H3. The van der Waals surface area contributed by atoms with Crippen molar-refractivity contribution in [2.75, 3.05) is 12.8 Å². The predicted octanol–water partition coefficient (Wildman–Crippen LogP) is 3.43. The molecule has 1 atom stereocenters. The van der Waals surface area contributed by atoms with Gasteiger partial charge in [0, 0.05) is 30.2 Å². The van der Waals surface area contributed by atoms with Gasteiger partial charge in [0.25, 0.3) is 0 Å². The Bertz CT molecular complexity index is 339. The summed E-state index contributed by atoms with van der Waals surface area (Å²) >= 11 is 1.74. The van der Waals surface area contributed by atoms with E-state index in [1.165, 1.54) is 4.90 Å². The summed E-state index contributed by atoms with van der Waals surface area (Å²) in [6, 6.07) is 10.5. The van der Waals surface area contributed by atoms with Crippen LogP contribution in [0.5, 0.6) is 0 Å². The number of thioether (sulfide) groups is 1. The highest BCUT2D eigenvalue weighted by Crippen LogP contribution is 2.18. The molecule has 0 N–H and O–H groups in total. The molecule has 3 heteroatoms. The number of hydrogen-bond donors (Lipinski definition) is 0. The molecule has 0 saturated carbocycles. The minimum atomic E-state index is 0.239. The number of amides is 1. The molecule has 0 aliphatic heterocycles. The number of rotatable bonds is 6. The summed E-state index contributed by atoms with van der Waals surface area (Å²) in [7, 11) is 1.89. The van der Waals surface area contributed by atoms with E-state index in [-0.39, 0.29) is 5.91 Å². The zero-order valence-corrected chi connectivity index (χ0v) is 11.7. The van der Waals surface area contributed by atoms with E-state index >= 15 is 0 Å². The average Bonchev–Trinajstić information content (AvgIpc) is 2.38. The van der Waals surface area contributed by atoms with Crippen molar-refractivity contribution in [3.05, 3.63) is 30.3 Å². The normalized spacial score (nSPS) is 12.2. The van der Waals surface area contributed by atoms with Crippen LogP contribution in [0.15, 0.2) is 35.2 Å². The molecule has 0 fully saturated rings. The van der Waals surface area contributed by atoms with Crippen molar-refractivity contribution >= 4 is 17.7 Å². The molecule has 0 spiro atoms. The monoisotopic (exact) mass is 251 g/mol. The van der Waals surface area contributed by atoms with Crippen molar-refractivity contribution < 1.29 is 4.79 Å². The van der Waals surface area contributed by atoms with Crippen LogP contribution in [0.4, 0.5) is 0 Å². The second kappa shape index (κ2) is 7.38. The second-order valence-corrected chi connectivity index (χ2v) is 5.34. The Morgan fingerprint density at radius 1 is 1.35 bits per heavy atom. The molecule has 0 heterocycles. The van der Waals surface area contributed by atoms with E-state index < -0.39 is 0 Å². The van der Waals surface area contributed by atoms with Gasteiger partial charge in [0.1, 0.15) is 0 Å². The molecule has 0 aliphatic rings. The Hall–Kier alpha value is -0.960. The van der Waals surface area contributed by atoms with Crippen LogP contribution in [0.1, 0.15) is 26.7 Å². The molecule has 2 nitrogen and oxygen atoms in total. The first-order valence-electron chi connectivity index (χ1n) is 6.08. The lowest BCUT2D eigenvalue weighted by atomic mass is 10.2. The molecule has 0 saturated heterocycles. The number of nitrogens with zero attached hydrogens (tertiary/aromatic N) is 1. The summed E-state index contributed by atoms with van der Waals surface area (Å²) in [5.74, 6) is 1.09. The molecular formula is C14H21NOS. The lowest BCUT2D eigenvalue weighted by Crippen LogP contribution is -2.34. The average molecular weight is 251 g/mol. The van der Waals surface area contributed by atoms with Crippen molar-refractivity contribution in [2.45, 2.75) is 37.6 Å². The molecule has 0 aromatic heterocycles. The van der Waals surface area contributed by atoms with Gasteiger partial charge in [-0.1, -0.05) is 25.1 Å². The lowest BCUT2D eigenvalue weighted by molar-refractivity contribution is -0.131. The largest absolute Gasteiger partial charge is 0.343 e. The number of benzene rings is 1. The highest BCUT2D eigenvalue weighted by Gasteiger charge is 2.13. The highest BCUT2D eigenvalue weighted by molar-refractivity contribution is 7.99. The molecule has 94 valence electrons. The number of hydrogen-bond acceptors (Lipinski definition) is 2. The second-order valence-electron chi connectivity index (χ2n) is 4.17. The Balaban J connectivity index is 2.29. The fourth-order valence-corrected chi connectivity index (χ4v) is 2.33. The molecule has 0 radical (unpaired) electrons. The smallest absolute Gasteiger partial charge is 0.223 e. The Kier molecular flexibility index (Phi) is 6.12. The lowest BCUT2D eigenvalue weighted by Gasteiger charge is -2.23. The van der Waals surface area contributed by atoms with Gasteiger partial charge in [-0.3, -0.25) is 4.79 Å². The maximum absolute atomic E-state index is 11.8. The summed E-state index contributed by atoms with van der Waals surface area (Å²) < 4.78 is 0. The summed E-state index contributed by atoms with van der Waals surface area (Å²) in [6.07, 6.45) is 1.62. The third-order valence-electron chi connectivity index (χ3n) is 2.97. The molecule has 1 rings (SSSR count). The molecule has 1 amide bonds. The van der Waals surface area contributed by atoms with E-state index in [9.17, 15) is 4.79 Å². The maximum atomic E-state index is 11.8. The van der Waals surface area contributed by atoms with Gasteiger partial charge >= 0.3 is 0 Å². The zero-order chi connectivity index (χ0) is 12.7. The van der Waals surface area contributed by atoms with Crippen LogP contribution in [0.3, 0.4) is 0 Å². The maximum Gasteiger partial charge on any atom is 0.223 e. The first kappa shape index (κ1) is 14.1. The van der Waals surface area contributed by atoms with Gasteiger partial charge in [-0.05, 0) is 25.5 Å². The first-order chi connectivity index (χ1) is 8.15. The van der Waals surface area contributed by atoms with Crippen molar-refractivity contribution in [1.29, 1.82) is 0 Å². The van der Waals surface area contributed by atoms with Crippen LogP contribution in [-0.2, 0) is 4.79 Å². The minimum absolute atomic E-state index is 0.239. The van der Waals surface area contributed by atoms with E-state index in [1.807, 2.05) is 30.1 Å². The minimum Gasteiger partial charge on any atom is -0.343 e. The predicted molar refractivity (Wildman–Crippen MR) is 74.3 cm³/mol. The van der Waals surface area contributed by atoms with Crippen LogP contribution >= 0.6 is 11.8 Å². The van der Waals surface area contributed by atoms with Crippen molar-refractivity contribution in [3.63, 3.8) is 0 Å². The van der Waals surface area contributed by atoms with Gasteiger partial charge in [-0.15, -0.1) is 11.8 Å². The SMILES string of the molecule is CCC(C)N(C)C(=O)CCSc1ccccc1. The fraction of sp³-hybridized carbons (Fsp3) is 0.500. The molecule has 0 aliphatic carbocycles. The van der Waals surface area contributed by atoms with Gasteiger partial charge in [0.15, 0.2) is 0 Å². The Morgan fingerprint density at radius 3 is 2.59 bits per heavy atom. The highest BCUT2D eigenvalue weighted by atomic mass is 32.2. The third kappa shape index (κ3) is 4.82. The van der Waals surface area contributed by atoms with E-state index in [4.69, 9.17) is 0 Å². The van der Waals surface area contributed by atoms with Crippen LogP contribution in [0.2, 0.25) is 0 Å². The van der Waals surface area contributed by atoms with Gasteiger partial charge in [0.05, 0.1) is 0 Å². The fourth-order valence-electron chi connectivity index (χ4n) is 1.47. The molecule has 17 heavy (non-hydrogen) atoms. The van der Waals surface area contributed by atoms with Crippen molar-refractivity contribution in [3.8, 4) is 0 Å². The quantitative estimate of drug-likeness (QED) is 0.722. The van der Waals surface area contributed by atoms with E-state index in [2.05, 4.69) is 26.0 Å². The summed E-state index contributed by atoms with van der Waals surface area (Å²) in [4.78, 5) is 14.9. The Labute approximate surface area is 108 Å².